The second-order valence-electron chi connectivity index (χ2n) is 6.60. The smallest absolute Gasteiger partial charge is 0.0907 e. The number of hydrogen-bond acceptors (Lipinski definition) is 1. The highest BCUT2D eigenvalue weighted by Gasteiger charge is 2.36. The van der Waals surface area contributed by atoms with Crippen LogP contribution < -0.4 is 0 Å². The highest BCUT2D eigenvalue weighted by atomic mass is 32.2. The Kier molecular flexibility index (Phi) is 5.99. The third-order valence-electron chi connectivity index (χ3n) is 4.82. The molecule has 0 heterocycles. The molecule has 25 heavy (non-hydrogen) atoms. The normalized spacial score (nSPS) is 12.7. The van der Waals surface area contributed by atoms with E-state index >= 15 is 0 Å². The quantitative estimate of drug-likeness (QED) is 0.426. The van der Waals surface area contributed by atoms with Gasteiger partial charge < -0.3 is 0 Å². The second-order valence-corrected chi connectivity index (χ2v) is 7.84. The average Bonchev–Trinajstić information content (AvgIpc) is 2.71. The van der Waals surface area contributed by atoms with Gasteiger partial charge in [-0.25, -0.2) is 0 Å². The fraction of sp³-hybridized carbons (Fsp3) is 0.250. The molecule has 0 saturated heterocycles. The lowest BCUT2D eigenvalue weighted by Gasteiger charge is -2.36. The molecule has 1 atom stereocenters. The maximum absolute atomic E-state index is 2.35. The van der Waals surface area contributed by atoms with Gasteiger partial charge in [0.2, 0.25) is 0 Å². The first-order chi connectivity index (χ1) is 12.3. The topological polar surface area (TPSA) is 0 Å². The van der Waals surface area contributed by atoms with Crippen LogP contribution in [0.15, 0.2) is 91.0 Å². The van der Waals surface area contributed by atoms with E-state index in [1.165, 1.54) is 23.1 Å². The van der Waals surface area contributed by atoms with E-state index in [4.69, 9.17) is 0 Å². The van der Waals surface area contributed by atoms with E-state index < -0.39 is 0 Å². The Morgan fingerprint density at radius 2 is 1.04 bits per heavy atom. The molecule has 3 aromatic rings. The van der Waals surface area contributed by atoms with E-state index in [9.17, 15) is 0 Å². The van der Waals surface area contributed by atoms with Gasteiger partial charge in [-0.3, -0.25) is 0 Å². The first-order valence-corrected chi connectivity index (χ1v) is 10.1. The third-order valence-corrected chi connectivity index (χ3v) is 6.70. The lowest BCUT2D eigenvalue weighted by Crippen LogP contribution is -2.26. The first-order valence-electron chi connectivity index (χ1n) is 9.08. The summed E-state index contributed by atoms with van der Waals surface area (Å²) in [6.07, 6.45) is 1.21. The van der Waals surface area contributed by atoms with Crippen molar-refractivity contribution in [2.24, 2.45) is 5.92 Å². The minimum Gasteiger partial charge on any atom is -0.140 e. The van der Waals surface area contributed by atoms with Crippen molar-refractivity contribution >= 4 is 11.8 Å². The molecule has 1 heteroatoms. The molecule has 0 nitrogen and oxygen atoms in total. The second kappa shape index (κ2) is 8.40. The highest BCUT2D eigenvalue weighted by Crippen LogP contribution is 2.49. The fourth-order valence-corrected chi connectivity index (χ4v) is 4.83. The summed E-state index contributed by atoms with van der Waals surface area (Å²) in [5.74, 6) is 1.83. The highest BCUT2D eigenvalue weighted by molar-refractivity contribution is 8.00. The van der Waals surface area contributed by atoms with Gasteiger partial charge in [0, 0.05) is 0 Å². The van der Waals surface area contributed by atoms with Crippen molar-refractivity contribution in [1.29, 1.82) is 0 Å². The van der Waals surface area contributed by atoms with Crippen LogP contribution in [-0.2, 0) is 4.75 Å². The minimum atomic E-state index is -0.173. The molecule has 0 bridgehead atoms. The van der Waals surface area contributed by atoms with Crippen LogP contribution in [0.2, 0.25) is 0 Å². The summed E-state index contributed by atoms with van der Waals surface area (Å²) in [5, 5.41) is 0. The number of thioether (sulfide) groups is 1. The molecular formula is C24H26S. The van der Waals surface area contributed by atoms with Gasteiger partial charge in [0.15, 0.2) is 0 Å². The van der Waals surface area contributed by atoms with E-state index in [-0.39, 0.29) is 4.75 Å². The molecule has 3 rings (SSSR count). The summed E-state index contributed by atoms with van der Waals surface area (Å²) in [6.45, 7) is 4.62. The molecule has 0 aliphatic rings. The fourth-order valence-electron chi connectivity index (χ4n) is 3.15. The maximum atomic E-state index is 2.35. The zero-order chi connectivity index (χ0) is 17.5. The Hall–Kier alpha value is -1.99. The predicted molar refractivity (Wildman–Crippen MR) is 111 cm³/mol. The maximum Gasteiger partial charge on any atom is 0.0907 e. The average molecular weight is 347 g/mol. The summed E-state index contributed by atoms with van der Waals surface area (Å²) in [4.78, 5) is 0. The van der Waals surface area contributed by atoms with Gasteiger partial charge in [-0.1, -0.05) is 111 Å². The Morgan fingerprint density at radius 1 is 0.680 bits per heavy atom. The first kappa shape index (κ1) is 17.8. The van der Waals surface area contributed by atoms with Crippen LogP contribution in [0.3, 0.4) is 0 Å². The van der Waals surface area contributed by atoms with Crippen molar-refractivity contribution in [2.45, 2.75) is 25.0 Å². The number of rotatable bonds is 7. The zero-order valence-electron chi connectivity index (χ0n) is 15.1. The summed E-state index contributed by atoms with van der Waals surface area (Å²) in [6, 6.07) is 32.8. The van der Waals surface area contributed by atoms with Crippen LogP contribution in [0, 0.1) is 5.92 Å². The molecule has 0 saturated carbocycles. The van der Waals surface area contributed by atoms with Crippen LogP contribution in [0.1, 0.15) is 37.0 Å². The SMILES string of the molecule is CC[C@@H](C)CSC(c1ccccc1)(c1ccccc1)c1ccccc1. The molecular weight excluding hydrogens is 320 g/mol. The van der Waals surface area contributed by atoms with Gasteiger partial charge in [-0.2, -0.15) is 0 Å². The molecule has 0 aromatic heterocycles. The van der Waals surface area contributed by atoms with Crippen molar-refractivity contribution in [2.75, 3.05) is 5.75 Å². The van der Waals surface area contributed by atoms with Crippen molar-refractivity contribution in [3.63, 3.8) is 0 Å². The van der Waals surface area contributed by atoms with E-state index in [0.29, 0.717) is 5.92 Å². The van der Waals surface area contributed by atoms with E-state index in [1.807, 2.05) is 0 Å². The summed E-state index contributed by atoms with van der Waals surface area (Å²) in [7, 11) is 0. The Labute approximate surface area is 156 Å². The van der Waals surface area contributed by atoms with Crippen molar-refractivity contribution in [1.82, 2.24) is 0 Å². The molecule has 0 amide bonds. The molecule has 0 spiro atoms. The monoisotopic (exact) mass is 346 g/mol. The molecule has 0 unspecified atom stereocenters. The van der Waals surface area contributed by atoms with Gasteiger partial charge in [-0.05, 0) is 28.4 Å². The van der Waals surface area contributed by atoms with Crippen molar-refractivity contribution in [3.05, 3.63) is 108 Å². The summed E-state index contributed by atoms with van der Waals surface area (Å²) < 4.78 is -0.173. The lowest BCUT2D eigenvalue weighted by molar-refractivity contribution is 0.634. The van der Waals surface area contributed by atoms with Gasteiger partial charge in [0.05, 0.1) is 4.75 Å². The molecule has 0 aliphatic heterocycles. The lowest BCUT2D eigenvalue weighted by atomic mass is 9.84. The molecule has 3 aromatic carbocycles. The predicted octanol–water partition coefficient (Wildman–Crippen LogP) is 6.76. The van der Waals surface area contributed by atoms with Crippen LogP contribution in [0.5, 0.6) is 0 Å². The molecule has 128 valence electrons. The van der Waals surface area contributed by atoms with Gasteiger partial charge in [-0.15, -0.1) is 11.8 Å². The van der Waals surface area contributed by atoms with Crippen molar-refractivity contribution < 1.29 is 0 Å². The molecule has 0 aliphatic carbocycles. The van der Waals surface area contributed by atoms with Gasteiger partial charge in [0.25, 0.3) is 0 Å². The summed E-state index contributed by atoms with van der Waals surface area (Å²) >= 11 is 2.06. The van der Waals surface area contributed by atoms with E-state index in [0.717, 1.165) is 5.75 Å². The van der Waals surface area contributed by atoms with E-state index in [2.05, 4.69) is 117 Å². The van der Waals surface area contributed by atoms with Crippen LogP contribution in [-0.4, -0.2) is 5.75 Å². The standard InChI is InChI=1S/C24H26S/c1-3-20(2)19-25-24(21-13-7-4-8-14-21,22-15-9-5-10-16-22)23-17-11-6-12-18-23/h4-18,20H,3,19H2,1-2H3/t20-/m1/s1. The van der Waals surface area contributed by atoms with E-state index in [1.54, 1.807) is 0 Å². The Balaban J connectivity index is 2.20. The van der Waals surface area contributed by atoms with Crippen LogP contribution >= 0.6 is 11.8 Å². The van der Waals surface area contributed by atoms with Gasteiger partial charge in [0.1, 0.15) is 0 Å². The number of benzene rings is 3. The molecule has 0 N–H and O–H groups in total. The van der Waals surface area contributed by atoms with Crippen LogP contribution in [0.4, 0.5) is 0 Å². The van der Waals surface area contributed by atoms with Crippen molar-refractivity contribution in [3.8, 4) is 0 Å². The van der Waals surface area contributed by atoms with Gasteiger partial charge >= 0.3 is 0 Å². The Morgan fingerprint density at radius 3 is 1.36 bits per heavy atom. The minimum absolute atomic E-state index is 0.173. The third kappa shape index (κ3) is 3.82. The Bertz CT molecular complexity index is 653. The largest absolute Gasteiger partial charge is 0.140 e. The zero-order valence-corrected chi connectivity index (χ0v) is 15.9. The molecule has 0 fully saturated rings. The number of hydrogen-bond donors (Lipinski definition) is 0. The van der Waals surface area contributed by atoms with Crippen LogP contribution in [0.25, 0.3) is 0 Å². The molecule has 0 radical (unpaired) electrons. The summed E-state index contributed by atoms with van der Waals surface area (Å²) in [5.41, 5.74) is 4.04.